The second-order valence-corrected chi connectivity index (χ2v) is 7.93. The average Bonchev–Trinajstić information content (AvgIpc) is 3.54. The van der Waals surface area contributed by atoms with Crippen LogP contribution in [0.25, 0.3) is 0 Å². The predicted octanol–water partition coefficient (Wildman–Crippen LogP) is 3.59. The molecule has 4 heteroatoms. The van der Waals surface area contributed by atoms with Crippen LogP contribution in [-0.2, 0) is 16.8 Å². The van der Waals surface area contributed by atoms with Crippen molar-refractivity contribution in [2.45, 2.75) is 43.6 Å². The van der Waals surface area contributed by atoms with E-state index in [0.29, 0.717) is 6.54 Å². The molecular formula is C23H28N2O2. The van der Waals surface area contributed by atoms with Gasteiger partial charge < -0.3 is 15.4 Å². The van der Waals surface area contributed by atoms with Gasteiger partial charge in [0.2, 0.25) is 6.41 Å². The number of likely N-dealkylation sites (tertiary alicyclic amines) is 1. The maximum Gasteiger partial charge on any atom is 0.209 e. The van der Waals surface area contributed by atoms with Crippen LogP contribution in [0.2, 0.25) is 0 Å². The Hall–Kier alpha value is -2.33. The number of carbonyl (C=O) groups is 1. The maximum absolute atomic E-state index is 10.8. The van der Waals surface area contributed by atoms with Gasteiger partial charge in [-0.25, -0.2) is 0 Å². The van der Waals surface area contributed by atoms with Crippen molar-refractivity contribution in [3.8, 4) is 5.75 Å². The van der Waals surface area contributed by atoms with Crippen molar-refractivity contribution < 1.29 is 9.53 Å². The Balaban J connectivity index is 0.000000167. The van der Waals surface area contributed by atoms with Gasteiger partial charge in [0.25, 0.3) is 0 Å². The SMILES string of the molecule is NCc1ccc2c(c1)C1(CCN(C=O)CC1)CO2.c1ccc(C2CC2)cc1. The molecule has 5 rings (SSSR count). The summed E-state index contributed by atoms with van der Waals surface area (Å²) in [6.45, 7) is 2.94. The molecule has 2 aromatic rings. The zero-order valence-corrected chi connectivity index (χ0v) is 15.8. The Bertz CT molecular complexity index is 778. The molecule has 2 N–H and O–H groups in total. The molecule has 0 aromatic heterocycles. The number of nitrogens with zero attached hydrogens (tertiary/aromatic N) is 1. The number of nitrogens with two attached hydrogens (primary N) is 1. The van der Waals surface area contributed by atoms with Crippen molar-refractivity contribution in [1.82, 2.24) is 4.90 Å². The fraction of sp³-hybridized carbons (Fsp3) is 0.435. The number of hydrogen-bond donors (Lipinski definition) is 1. The molecule has 1 spiro atoms. The Morgan fingerprint density at radius 2 is 1.85 bits per heavy atom. The van der Waals surface area contributed by atoms with E-state index >= 15 is 0 Å². The lowest BCUT2D eigenvalue weighted by atomic mass is 9.74. The zero-order valence-electron chi connectivity index (χ0n) is 15.8. The first kappa shape index (κ1) is 18.1. The molecule has 142 valence electrons. The molecule has 2 aliphatic heterocycles. The average molecular weight is 364 g/mol. The highest BCUT2D eigenvalue weighted by molar-refractivity contribution is 5.50. The highest BCUT2D eigenvalue weighted by Gasteiger charge is 2.42. The first-order chi connectivity index (χ1) is 13.2. The standard InChI is InChI=1S/C14H18N2O2.C9H10/c15-8-11-1-2-13-12(7-11)14(9-18-13)3-5-16(10-17)6-4-14;1-2-4-8(5-3-1)9-6-7-9/h1-2,7,10H,3-6,8-9,15H2;1-5,9H,6-7H2. The van der Waals surface area contributed by atoms with E-state index in [0.717, 1.165) is 56.2 Å². The van der Waals surface area contributed by atoms with E-state index in [1.54, 1.807) is 0 Å². The Morgan fingerprint density at radius 1 is 1.11 bits per heavy atom. The molecule has 4 nitrogen and oxygen atoms in total. The van der Waals surface area contributed by atoms with Gasteiger partial charge in [0.1, 0.15) is 5.75 Å². The van der Waals surface area contributed by atoms with Gasteiger partial charge in [-0.05, 0) is 48.8 Å². The number of amides is 1. The molecule has 0 atom stereocenters. The number of fused-ring (bicyclic) bond motifs is 2. The monoisotopic (exact) mass is 364 g/mol. The fourth-order valence-corrected chi connectivity index (χ4v) is 4.15. The molecule has 2 heterocycles. The van der Waals surface area contributed by atoms with Gasteiger partial charge in [0.15, 0.2) is 0 Å². The summed E-state index contributed by atoms with van der Waals surface area (Å²) in [5.41, 5.74) is 9.77. The van der Waals surface area contributed by atoms with Gasteiger partial charge >= 0.3 is 0 Å². The van der Waals surface area contributed by atoms with Gasteiger partial charge in [-0.2, -0.15) is 0 Å². The summed E-state index contributed by atoms with van der Waals surface area (Å²) in [5.74, 6) is 1.90. The highest BCUT2D eigenvalue weighted by atomic mass is 16.5. The minimum Gasteiger partial charge on any atom is -0.492 e. The molecule has 3 aliphatic rings. The third kappa shape index (κ3) is 3.86. The fourth-order valence-electron chi connectivity index (χ4n) is 4.15. The number of rotatable bonds is 3. The van der Waals surface area contributed by atoms with Crippen molar-refractivity contribution in [2.75, 3.05) is 19.7 Å². The van der Waals surface area contributed by atoms with Crippen LogP contribution in [0, 0.1) is 0 Å². The van der Waals surface area contributed by atoms with E-state index < -0.39 is 0 Å². The quantitative estimate of drug-likeness (QED) is 0.847. The van der Waals surface area contributed by atoms with Crippen LogP contribution in [0.15, 0.2) is 48.5 Å². The number of piperidine rings is 1. The van der Waals surface area contributed by atoms with E-state index in [4.69, 9.17) is 10.5 Å². The van der Waals surface area contributed by atoms with E-state index in [9.17, 15) is 4.79 Å². The molecule has 1 saturated heterocycles. The summed E-state index contributed by atoms with van der Waals surface area (Å²) in [6.07, 6.45) is 5.72. The first-order valence-electron chi connectivity index (χ1n) is 9.95. The van der Waals surface area contributed by atoms with Gasteiger partial charge in [-0.3, -0.25) is 4.79 Å². The van der Waals surface area contributed by atoms with Crippen LogP contribution in [0.3, 0.4) is 0 Å². The summed E-state index contributed by atoms with van der Waals surface area (Å²) >= 11 is 0. The van der Waals surface area contributed by atoms with Crippen molar-refractivity contribution in [2.24, 2.45) is 5.73 Å². The minimum absolute atomic E-state index is 0.0972. The lowest BCUT2D eigenvalue weighted by Gasteiger charge is -2.36. The maximum atomic E-state index is 10.8. The molecule has 0 unspecified atom stereocenters. The molecule has 27 heavy (non-hydrogen) atoms. The van der Waals surface area contributed by atoms with Gasteiger partial charge in [0.05, 0.1) is 6.61 Å². The van der Waals surface area contributed by atoms with Crippen LogP contribution < -0.4 is 10.5 Å². The molecule has 1 amide bonds. The molecule has 2 fully saturated rings. The molecule has 1 aliphatic carbocycles. The summed E-state index contributed by atoms with van der Waals surface area (Å²) in [6, 6.07) is 17.0. The number of ether oxygens (including phenoxy) is 1. The van der Waals surface area contributed by atoms with Crippen LogP contribution in [0.1, 0.15) is 48.3 Å². The van der Waals surface area contributed by atoms with Crippen molar-refractivity contribution in [3.63, 3.8) is 0 Å². The normalized spacial score (nSPS) is 19.7. The number of carbonyl (C=O) groups excluding carboxylic acids is 1. The van der Waals surface area contributed by atoms with Crippen LogP contribution >= 0.6 is 0 Å². The first-order valence-corrected chi connectivity index (χ1v) is 9.95. The van der Waals surface area contributed by atoms with Crippen molar-refractivity contribution in [3.05, 3.63) is 65.2 Å². The number of hydrogen-bond acceptors (Lipinski definition) is 3. The Kier molecular flexibility index (Phi) is 5.17. The van der Waals surface area contributed by atoms with Crippen molar-refractivity contribution >= 4 is 6.41 Å². The summed E-state index contributed by atoms with van der Waals surface area (Å²) in [4.78, 5) is 12.6. The third-order valence-corrected chi connectivity index (χ3v) is 6.11. The second kappa shape index (κ2) is 7.73. The Labute approximate surface area is 161 Å². The lowest BCUT2D eigenvalue weighted by molar-refractivity contribution is -0.119. The van der Waals surface area contributed by atoms with Crippen molar-refractivity contribution in [1.29, 1.82) is 0 Å². The highest BCUT2D eigenvalue weighted by Crippen LogP contribution is 2.45. The van der Waals surface area contributed by atoms with Gasteiger partial charge in [-0.1, -0.05) is 42.5 Å². The summed E-state index contributed by atoms with van der Waals surface area (Å²) in [5, 5.41) is 0. The summed E-state index contributed by atoms with van der Waals surface area (Å²) < 4.78 is 5.81. The predicted molar refractivity (Wildman–Crippen MR) is 107 cm³/mol. The molecule has 2 aromatic carbocycles. The topological polar surface area (TPSA) is 55.6 Å². The van der Waals surface area contributed by atoms with Gasteiger partial charge in [-0.15, -0.1) is 0 Å². The van der Waals surface area contributed by atoms with E-state index in [-0.39, 0.29) is 5.41 Å². The molecule has 1 saturated carbocycles. The number of benzene rings is 2. The smallest absolute Gasteiger partial charge is 0.209 e. The third-order valence-electron chi connectivity index (χ3n) is 6.11. The Morgan fingerprint density at radius 3 is 2.48 bits per heavy atom. The second-order valence-electron chi connectivity index (χ2n) is 7.93. The molecular weight excluding hydrogens is 336 g/mol. The van der Waals surface area contributed by atoms with E-state index in [2.05, 4.69) is 36.4 Å². The zero-order chi connectivity index (χ0) is 18.7. The molecule has 0 radical (unpaired) electrons. The van der Waals surface area contributed by atoms with E-state index in [1.165, 1.54) is 24.0 Å². The lowest BCUT2D eigenvalue weighted by Crippen LogP contribution is -2.43. The summed E-state index contributed by atoms with van der Waals surface area (Å²) in [7, 11) is 0. The van der Waals surface area contributed by atoms with Crippen LogP contribution in [-0.4, -0.2) is 31.0 Å². The molecule has 0 bridgehead atoms. The largest absolute Gasteiger partial charge is 0.492 e. The van der Waals surface area contributed by atoms with Crippen LogP contribution in [0.4, 0.5) is 0 Å². The minimum atomic E-state index is 0.0972. The van der Waals surface area contributed by atoms with Crippen LogP contribution in [0.5, 0.6) is 5.75 Å². The van der Waals surface area contributed by atoms with E-state index in [1.807, 2.05) is 17.0 Å². The van der Waals surface area contributed by atoms with Gasteiger partial charge in [0, 0.05) is 30.6 Å².